The molecule has 0 spiro atoms. The maximum absolute atomic E-state index is 13.9. The molecule has 0 aliphatic carbocycles. The standard InChI is InChI=1S/C33H40N2O3Si/c1-25-30(22-32(36)35-28(24-38-33(35)37)21-26-13-7-4-8-14-26)34(23-27-15-9-5-10-16-27)20-19-31(25)39(2,3)29-17-11-6-12-18-29/h4-18,25,28,30-31H,19-24H2,1-3H3/t25-,28+,30+,31-/m1/s1. The summed E-state index contributed by atoms with van der Waals surface area (Å²) in [6.07, 6.45) is 1.55. The van der Waals surface area contributed by atoms with E-state index in [9.17, 15) is 9.59 Å². The first kappa shape index (κ1) is 27.3. The van der Waals surface area contributed by atoms with Gasteiger partial charge in [-0.2, -0.15) is 0 Å². The number of amides is 2. The summed E-state index contributed by atoms with van der Waals surface area (Å²) in [4.78, 5) is 30.6. The van der Waals surface area contributed by atoms with Crippen molar-refractivity contribution in [2.45, 2.75) is 63.4 Å². The van der Waals surface area contributed by atoms with Gasteiger partial charge in [-0.05, 0) is 42.0 Å². The number of carbonyl (C=O) groups excluding carboxylic acids is 2. The van der Waals surface area contributed by atoms with E-state index in [1.165, 1.54) is 15.7 Å². The van der Waals surface area contributed by atoms with Crippen molar-refractivity contribution >= 4 is 25.3 Å². The fourth-order valence-electron chi connectivity index (χ4n) is 6.84. The molecule has 3 aromatic carbocycles. The average Bonchev–Trinajstić information content (AvgIpc) is 3.31. The Morgan fingerprint density at radius 1 is 0.897 bits per heavy atom. The molecule has 5 rings (SSSR count). The summed E-state index contributed by atoms with van der Waals surface area (Å²) in [5.74, 6) is 0.202. The highest BCUT2D eigenvalue weighted by atomic mass is 28.3. The third kappa shape index (κ3) is 6.02. The Labute approximate surface area is 233 Å². The summed E-state index contributed by atoms with van der Waals surface area (Å²) in [5.41, 5.74) is 2.89. The Balaban J connectivity index is 1.39. The van der Waals surface area contributed by atoms with Crippen LogP contribution in [0.25, 0.3) is 0 Å². The second-order valence-electron chi connectivity index (χ2n) is 11.8. The second-order valence-corrected chi connectivity index (χ2v) is 16.5. The molecule has 5 nitrogen and oxygen atoms in total. The Bertz CT molecular complexity index is 1250. The van der Waals surface area contributed by atoms with Gasteiger partial charge < -0.3 is 4.74 Å². The van der Waals surface area contributed by atoms with E-state index in [4.69, 9.17) is 4.74 Å². The zero-order valence-electron chi connectivity index (χ0n) is 23.3. The van der Waals surface area contributed by atoms with E-state index in [1.807, 2.05) is 36.4 Å². The fraction of sp³-hybridized carbons (Fsp3) is 0.394. The van der Waals surface area contributed by atoms with Gasteiger partial charge >= 0.3 is 6.09 Å². The summed E-state index contributed by atoms with van der Waals surface area (Å²) in [5, 5.41) is 1.47. The van der Waals surface area contributed by atoms with Crippen LogP contribution in [0.4, 0.5) is 4.79 Å². The van der Waals surface area contributed by atoms with Crippen LogP contribution in [0.5, 0.6) is 0 Å². The molecule has 0 radical (unpaired) electrons. The molecule has 39 heavy (non-hydrogen) atoms. The summed E-state index contributed by atoms with van der Waals surface area (Å²) < 4.78 is 5.40. The first-order valence-corrected chi connectivity index (χ1v) is 17.3. The molecule has 2 amide bonds. The van der Waals surface area contributed by atoms with Gasteiger partial charge in [-0.25, -0.2) is 9.69 Å². The zero-order chi connectivity index (χ0) is 27.4. The van der Waals surface area contributed by atoms with E-state index < -0.39 is 14.2 Å². The fourth-order valence-corrected chi connectivity index (χ4v) is 10.7. The summed E-state index contributed by atoms with van der Waals surface area (Å²) >= 11 is 0. The van der Waals surface area contributed by atoms with Gasteiger partial charge in [0, 0.05) is 19.0 Å². The Kier molecular flexibility index (Phi) is 8.33. The lowest BCUT2D eigenvalue weighted by Gasteiger charge is -2.49. The maximum atomic E-state index is 13.9. The largest absolute Gasteiger partial charge is 0.447 e. The molecule has 0 saturated carbocycles. The van der Waals surface area contributed by atoms with Crippen molar-refractivity contribution in [3.63, 3.8) is 0 Å². The number of hydrogen-bond donors (Lipinski definition) is 0. The van der Waals surface area contributed by atoms with Gasteiger partial charge in [0.25, 0.3) is 0 Å². The van der Waals surface area contributed by atoms with Crippen molar-refractivity contribution in [2.24, 2.45) is 5.92 Å². The molecule has 3 aromatic rings. The molecule has 0 aromatic heterocycles. The highest BCUT2D eigenvalue weighted by Gasteiger charge is 2.46. The highest BCUT2D eigenvalue weighted by molar-refractivity contribution is 6.91. The predicted octanol–water partition coefficient (Wildman–Crippen LogP) is 5.86. The lowest BCUT2D eigenvalue weighted by atomic mass is 9.87. The van der Waals surface area contributed by atoms with Crippen molar-refractivity contribution in [3.05, 3.63) is 102 Å². The van der Waals surface area contributed by atoms with Gasteiger partial charge in [0.15, 0.2) is 0 Å². The minimum atomic E-state index is -1.81. The van der Waals surface area contributed by atoms with Crippen LogP contribution in [-0.4, -0.2) is 55.1 Å². The molecule has 0 N–H and O–H groups in total. The number of rotatable bonds is 8. The molecule has 4 atom stereocenters. The van der Waals surface area contributed by atoms with Gasteiger partial charge in [0.2, 0.25) is 5.91 Å². The Morgan fingerprint density at radius 2 is 1.49 bits per heavy atom. The molecule has 0 bridgehead atoms. The van der Waals surface area contributed by atoms with Crippen LogP contribution in [0, 0.1) is 5.92 Å². The molecule has 204 valence electrons. The molecular weight excluding hydrogens is 500 g/mol. The normalized spacial score (nSPS) is 24.0. The molecule has 2 aliphatic rings. The maximum Gasteiger partial charge on any atom is 0.416 e. The van der Waals surface area contributed by atoms with Crippen LogP contribution in [-0.2, 0) is 22.5 Å². The lowest BCUT2D eigenvalue weighted by Crippen LogP contribution is -2.57. The highest BCUT2D eigenvalue weighted by Crippen LogP contribution is 2.42. The number of carbonyl (C=O) groups is 2. The molecule has 6 heteroatoms. The van der Waals surface area contributed by atoms with E-state index in [-0.39, 0.29) is 24.6 Å². The van der Waals surface area contributed by atoms with Crippen LogP contribution in [0.15, 0.2) is 91.0 Å². The zero-order valence-corrected chi connectivity index (χ0v) is 24.3. The summed E-state index contributed by atoms with van der Waals surface area (Å²) in [6, 6.07) is 31.3. The molecular formula is C33H40N2O3Si. The molecule has 0 unspecified atom stereocenters. The van der Waals surface area contributed by atoms with E-state index in [0.29, 0.717) is 24.3 Å². The summed E-state index contributed by atoms with van der Waals surface area (Å²) in [7, 11) is -1.81. The number of piperidine rings is 1. The number of imide groups is 1. The third-order valence-electron chi connectivity index (χ3n) is 9.04. The van der Waals surface area contributed by atoms with Crippen molar-refractivity contribution in [3.8, 4) is 0 Å². The predicted molar refractivity (Wildman–Crippen MR) is 158 cm³/mol. The topological polar surface area (TPSA) is 49.9 Å². The van der Waals surface area contributed by atoms with Crippen molar-refractivity contribution in [1.29, 1.82) is 0 Å². The van der Waals surface area contributed by atoms with Crippen molar-refractivity contribution in [1.82, 2.24) is 9.80 Å². The van der Waals surface area contributed by atoms with Crippen molar-refractivity contribution in [2.75, 3.05) is 13.2 Å². The Hall–Kier alpha value is -3.22. The van der Waals surface area contributed by atoms with Crippen LogP contribution in [0.1, 0.15) is 30.9 Å². The van der Waals surface area contributed by atoms with Gasteiger partial charge in [-0.15, -0.1) is 0 Å². The number of hydrogen-bond acceptors (Lipinski definition) is 4. The monoisotopic (exact) mass is 540 g/mol. The number of likely N-dealkylation sites (tertiary alicyclic amines) is 1. The van der Waals surface area contributed by atoms with Crippen LogP contribution in [0.3, 0.4) is 0 Å². The first-order valence-electron chi connectivity index (χ1n) is 14.2. The number of cyclic esters (lactones) is 1. The van der Waals surface area contributed by atoms with Gasteiger partial charge in [0.05, 0.1) is 14.1 Å². The Morgan fingerprint density at radius 3 is 2.13 bits per heavy atom. The van der Waals surface area contributed by atoms with E-state index in [2.05, 4.69) is 79.5 Å². The van der Waals surface area contributed by atoms with Crippen molar-refractivity contribution < 1.29 is 14.3 Å². The van der Waals surface area contributed by atoms with E-state index in [1.54, 1.807) is 0 Å². The molecule has 2 aliphatic heterocycles. The molecule has 2 saturated heterocycles. The number of benzene rings is 3. The smallest absolute Gasteiger partial charge is 0.416 e. The quantitative estimate of drug-likeness (QED) is 0.336. The van der Waals surface area contributed by atoms with E-state index >= 15 is 0 Å². The average molecular weight is 541 g/mol. The molecule has 2 fully saturated rings. The number of ether oxygens (including phenoxy) is 1. The van der Waals surface area contributed by atoms with Crippen LogP contribution >= 0.6 is 0 Å². The minimum absolute atomic E-state index is 0.0534. The van der Waals surface area contributed by atoms with Gasteiger partial charge in [0.1, 0.15) is 6.61 Å². The first-order chi connectivity index (χ1) is 18.8. The van der Waals surface area contributed by atoms with Gasteiger partial charge in [-0.3, -0.25) is 9.69 Å². The minimum Gasteiger partial charge on any atom is -0.447 e. The van der Waals surface area contributed by atoms with E-state index in [0.717, 1.165) is 25.1 Å². The van der Waals surface area contributed by atoms with Gasteiger partial charge in [-0.1, -0.05) is 116 Å². The summed E-state index contributed by atoms with van der Waals surface area (Å²) in [6.45, 7) is 9.29. The second kappa shape index (κ2) is 11.9. The van der Waals surface area contributed by atoms with Crippen LogP contribution < -0.4 is 5.19 Å². The SMILES string of the molecule is C[C@H]1[C@H]([Si](C)(C)c2ccccc2)CCN(Cc2ccccc2)[C@H]1CC(=O)N1C(=O)OC[C@@H]1Cc1ccccc1. The van der Waals surface area contributed by atoms with Crippen LogP contribution in [0.2, 0.25) is 18.6 Å². The third-order valence-corrected chi connectivity index (χ3v) is 13.5. The molecule has 2 heterocycles. The number of nitrogens with zero attached hydrogens (tertiary/aromatic N) is 2. The lowest BCUT2D eigenvalue weighted by molar-refractivity contribution is -0.131.